The Morgan fingerprint density at radius 1 is 1.20 bits per heavy atom. The molecule has 0 aromatic carbocycles. The Bertz CT molecular complexity index is 313. The summed E-state index contributed by atoms with van der Waals surface area (Å²) in [4.78, 5) is 22.4. The lowest BCUT2D eigenvalue weighted by Crippen LogP contribution is -2.10. The number of hydrogen-bond acceptors (Lipinski definition) is 4. The molecule has 0 rings (SSSR count). The lowest BCUT2D eigenvalue weighted by atomic mass is 10.2. The lowest BCUT2D eigenvalue weighted by Gasteiger charge is -2.07. The number of carbonyl (C=O) groups is 2. The molecule has 0 aliphatic heterocycles. The third-order valence-corrected chi connectivity index (χ3v) is 1.98. The highest BCUT2D eigenvalue weighted by molar-refractivity contribution is 5.91. The Labute approximate surface area is 89.6 Å². The van der Waals surface area contributed by atoms with E-state index in [2.05, 4.69) is 11.3 Å². The Morgan fingerprint density at radius 3 is 2.13 bits per heavy atom. The zero-order chi connectivity index (χ0) is 12.0. The minimum atomic E-state index is -0.516. The molecule has 0 aromatic rings. The molecule has 0 saturated carbocycles. The van der Waals surface area contributed by atoms with Gasteiger partial charge in [0.15, 0.2) is 0 Å². The largest absolute Gasteiger partial charge is 0.466 e. The molecule has 84 valence electrons. The number of esters is 2. The molecule has 4 nitrogen and oxygen atoms in total. The van der Waals surface area contributed by atoms with Crippen LogP contribution in [0.3, 0.4) is 0 Å². The van der Waals surface area contributed by atoms with Gasteiger partial charge >= 0.3 is 11.9 Å². The Hall–Kier alpha value is -1.58. The quantitative estimate of drug-likeness (QED) is 0.406. The van der Waals surface area contributed by atoms with Crippen molar-refractivity contribution in [2.24, 2.45) is 0 Å². The molecule has 0 aliphatic rings. The van der Waals surface area contributed by atoms with Crippen LogP contribution < -0.4 is 0 Å². The van der Waals surface area contributed by atoms with E-state index in [1.54, 1.807) is 6.92 Å². The molecule has 0 unspecified atom stereocenters. The van der Waals surface area contributed by atoms with Gasteiger partial charge in [-0.3, -0.25) is 0 Å². The maximum atomic E-state index is 11.3. The molecule has 0 fully saturated rings. The first-order chi connectivity index (χ1) is 6.93. The van der Waals surface area contributed by atoms with Crippen LogP contribution in [0.25, 0.3) is 0 Å². The van der Waals surface area contributed by atoms with E-state index in [9.17, 15) is 9.59 Å². The molecule has 0 spiro atoms. The molecule has 0 aliphatic carbocycles. The smallest absolute Gasteiger partial charge is 0.338 e. The second-order valence-electron chi connectivity index (χ2n) is 3.02. The van der Waals surface area contributed by atoms with Gasteiger partial charge in [0.1, 0.15) is 5.76 Å². The van der Waals surface area contributed by atoms with Gasteiger partial charge in [0.25, 0.3) is 0 Å². The van der Waals surface area contributed by atoms with Crippen LogP contribution in [0.15, 0.2) is 23.5 Å². The number of methoxy groups -OCH3 is 1. The van der Waals surface area contributed by atoms with E-state index in [1.807, 2.05) is 0 Å². The fourth-order valence-corrected chi connectivity index (χ4v) is 0.729. The summed E-state index contributed by atoms with van der Waals surface area (Å²) in [6.07, 6.45) is 0.517. The first-order valence-corrected chi connectivity index (χ1v) is 4.59. The van der Waals surface area contributed by atoms with Crippen LogP contribution in [0.1, 0.15) is 27.2 Å². The topological polar surface area (TPSA) is 52.6 Å². The molecule has 4 heteroatoms. The molecule has 0 radical (unpaired) electrons. The summed E-state index contributed by atoms with van der Waals surface area (Å²) in [5.41, 5.74) is 0.641. The Kier molecular flexibility index (Phi) is 5.37. The van der Waals surface area contributed by atoms with Gasteiger partial charge in [0, 0.05) is 5.57 Å². The predicted octanol–water partition coefficient (Wildman–Crippen LogP) is 1.96. The van der Waals surface area contributed by atoms with Gasteiger partial charge in [-0.1, -0.05) is 13.5 Å². The summed E-state index contributed by atoms with van der Waals surface area (Å²) >= 11 is 0. The van der Waals surface area contributed by atoms with E-state index in [4.69, 9.17) is 4.74 Å². The van der Waals surface area contributed by atoms with E-state index >= 15 is 0 Å². The summed E-state index contributed by atoms with van der Waals surface area (Å²) in [5, 5.41) is 0. The molecular formula is C11H16O4. The first-order valence-electron chi connectivity index (χ1n) is 4.59. The average Bonchev–Trinajstić information content (AvgIpc) is 2.25. The third-order valence-electron chi connectivity index (χ3n) is 1.98. The summed E-state index contributed by atoms with van der Waals surface area (Å²) in [5.74, 6) is -0.790. The van der Waals surface area contributed by atoms with Crippen molar-refractivity contribution < 1.29 is 19.1 Å². The van der Waals surface area contributed by atoms with Crippen molar-refractivity contribution in [2.75, 3.05) is 7.11 Å². The fourth-order valence-electron chi connectivity index (χ4n) is 0.729. The van der Waals surface area contributed by atoms with Crippen molar-refractivity contribution in [3.05, 3.63) is 23.5 Å². The number of rotatable bonds is 4. The molecular weight excluding hydrogens is 196 g/mol. The van der Waals surface area contributed by atoms with Crippen LogP contribution in [0.5, 0.6) is 0 Å². The van der Waals surface area contributed by atoms with Gasteiger partial charge in [-0.15, -0.1) is 0 Å². The summed E-state index contributed by atoms with van der Waals surface area (Å²) < 4.78 is 9.42. The van der Waals surface area contributed by atoms with Crippen molar-refractivity contribution in [3.8, 4) is 0 Å². The third kappa shape index (κ3) is 3.97. The molecule has 0 aromatic heterocycles. The average molecular weight is 212 g/mol. The maximum Gasteiger partial charge on any atom is 0.338 e. The molecule has 0 bridgehead atoms. The van der Waals surface area contributed by atoms with Crippen LogP contribution in [0.2, 0.25) is 0 Å². The predicted molar refractivity (Wildman–Crippen MR) is 55.9 cm³/mol. The van der Waals surface area contributed by atoms with Crippen LogP contribution in [0, 0.1) is 0 Å². The van der Waals surface area contributed by atoms with E-state index in [1.165, 1.54) is 21.0 Å². The first kappa shape index (κ1) is 13.4. The molecule has 0 saturated heterocycles. The second-order valence-corrected chi connectivity index (χ2v) is 3.02. The normalized spacial score (nSPS) is 11.5. The molecule has 0 amide bonds. The van der Waals surface area contributed by atoms with E-state index in [0.29, 0.717) is 12.0 Å². The van der Waals surface area contributed by atoms with Gasteiger partial charge in [-0.2, -0.15) is 0 Å². The van der Waals surface area contributed by atoms with Crippen LogP contribution in [-0.2, 0) is 19.1 Å². The summed E-state index contributed by atoms with van der Waals surface area (Å²) in [6, 6.07) is 0. The Balaban J connectivity index is 4.60. The molecule has 0 N–H and O–H groups in total. The van der Waals surface area contributed by atoms with Gasteiger partial charge in [-0.25, -0.2) is 9.59 Å². The van der Waals surface area contributed by atoms with Crippen molar-refractivity contribution in [2.45, 2.75) is 27.2 Å². The number of ether oxygens (including phenoxy) is 2. The van der Waals surface area contributed by atoms with Crippen molar-refractivity contribution >= 4 is 11.9 Å². The van der Waals surface area contributed by atoms with E-state index in [0.717, 1.165) is 0 Å². The summed E-state index contributed by atoms with van der Waals surface area (Å²) in [6.45, 7) is 8.40. The van der Waals surface area contributed by atoms with E-state index < -0.39 is 11.9 Å². The zero-order valence-electron chi connectivity index (χ0n) is 9.55. The van der Waals surface area contributed by atoms with E-state index in [-0.39, 0.29) is 11.3 Å². The van der Waals surface area contributed by atoms with Crippen LogP contribution >= 0.6 is 0 Å². The number of allylic oxidation sites excluding steroid dienone is 1. The van der Waals surface area contributed by atoms with Gasteiger partial charge in [0.2, 0.25) is 0 Å². The van der Waals surface area contributed by atoms with Crippen LogP contribution in [0.4, 0.5) is 0 Å². The molecule has 0 heterocycles. The fraction of sp³-hybridized carbons (Fsp3) is 0.455. The van der Waals surface area contributed by atoms with Gasteiger partial charge in [0.05, 0.1) is 12.7 Å². The van der Waals surface area contributed by atoms with Crippen LogP contribution in [-0.4, -0.2) is 19.0 Å². The van der Waals surface area contributed by atoms with Crippen molar-refractivity contribution in [1.82, 2.24) is 0 Å². The van der Waals surface area contributed by atoms with Crippen molar-refractivity contribution in [3.63, 3.8) is 0 Å². The zero-order valence-corrected chi connectivity index (χ0v) is 9.55. The SMILES string of the molecule is C=C(CC)C(=O)OC(C)=C(C)C(=O)OC. The monoisotopic (exact) mass is 212 g/mol. The van der Waals surface area contributed by atoms with Gasteiger partial charge in [-0.05, 0) is 20.3 Å². The Morgan fingerprint density at radius 2 is 1.73 bits per heavy atom. The summed E-state index contributed by atoms with van der Waals surface area (Å²) in [7, 11) is 1.27. The lowest BCUT2D eigenvalue weighted by molar-refractivity contribution is -0.137. The minimum absolute atomic E-state index is 0.237. The highest BCUT2D eigenvalue weighted by Gasteiger charge is 2.13. The molecule has 15 heavy (non-hydrogen) atoms. The number of carbonyl (C=O) groups excluding carboxylic acids is 2. The standard InChI is InChI=1S/C11H16O4/c1-6-7(2)10(12)15-9(4)8(3)11(13)14-5/h2,6H2,1,3-5H3. The minimum Gasteiger partial charge on any atom is -0.466 e. The van der Waals surface area contributed by atoms with Gasteiger partial charge < -0.3 is 9.47 Å². The molecule has 0 atom stereocenters. The maximum absolute atomic E-state index is 11.3. The van der Waals surface area contributed by atoms with Crippen molar-refractivity contribution in [1.29, 1.82) is 0 Å². The highest BCUT2D eigenvalue weighted by atomic mass is 16.5. The highest BCUT2D eigenvalue weighted by Crippen LogP contribution is 2.10. The second kappa shape index (κ2) is 6.01. The number of hydrogen-bond donors (Lipinski definition) is 0.